The highest BCUT2D eigenvalue weighted by molar-refractivity contribution is 5.86. The Morgan fingerprint density at radius 2 is 1.67 bits per heavy atom. The van der Waals surface area contributed by atoms with E-state index in [0.29, 0.717) is 6.04 Å². The molecule has 2 aliphatic rings. The highest BCUT2D eigenvalue weighted by Gasteiger charge is 2.30. The molecule has 2 N–H and O–H groups in total. The number of nitrogens with one attached hydrogen (secondary N) is 2. The van der Waals surface area contributed by atoms with E-state index in [2.05, 4.69) is 100 Å². The van der Waals surface area contributed by atoms with E-state index in [0.717, 1.165) is 19.6 Å². The Morgan fingerprint density at radius 1 is 0.909 bits per heavy atom. The summed E-state index contributed by atoms with van der Waals surface area (Å²) in [5.41, 5.74) is 5.21. The first kappa shape index (κ1) is 22.5. The number of benzene rings is 2. The van der Waals surface area contributed by atoms with Crippen molar-refractivity contribution in [3.8, 4) is 11.3 Å². The van der Waals surface area contributed by atoms with Crippen LogP contribution in [-0.4, -0.2) is 79.2 Å². The lowest BCUT2D eigenvalue weighted by atomic mass is 9.98. The Labute approximate surface area is 198 Å². The van der Waals surface area contributed by atoms with E-state index < -0.39 is 0 Å². The van der Waals surface area contributed by atoms with Crippen LogP contribution < -0.4 is 10.2 Å². The van der Waals surface area contributed by atoms with E-state index in [-0.39, 0.29) is 5.54 Å². The number of aromatic nitrogens is 1. The molecule has 5 rings (SSSR count). The summed E-state index contributed by atoms with van der Waals surface area (Å²) in [7, 11) is 2.23. The Bertz CT molecular complexity index is 1020. The van der Waals surface area contributed by atoms with Gasteiger partial charge in [-0.3, -0.25) is 4.90 Å². The molecule has 0 unspecified atom stereocenters. The summed E-state index contributed by atoms with van der Waals surface area (Å²) in [5, 5.41) is 5.18. The maximum atomic E-state index is 3.91. The minimum Gasteiger partial charge on any atom is -0.371 e. The van der Waals surface area contributed by atoms with Crippen LogP contribution in [0.25, 0.3) is 22.2 Å². The molecule has 2 aliphatic heterocycles. The topological polar surface area (TPSA) is 37.5 Å². The van der Waals surface area contributed by atoms with E-state index in [1.165, 1.54) is 66.9 Å². The lowest BCUT2D eigenvalue weighted by molar-refractivity contribution is 0.0595. The van der Waals surface area contributed by atoms with Crippen LogP contribution in [0.1, 0.15) is 26.7 Å². The molecule has 0 aliphatic carbocycles. The quantitative estimate of drug-likeness (QED) is 0.589. The molecule has 176 valence electrons. The van der Waals surface area contributed by atoms with Gasteiger partial charge in [-0.2, -0.15) is 0 Å². The van der Waals surface area contributed by atoms with E-state index in [1.807, 2.05) is 0 Å². The zero-order valence-electron chi connectivity index (χ0n) is 20.5. The average Bonchev–Trinajstić information content (AvgIpc) is 3.28. The van der Waals surface area contributed by atoms with E-state index in [4.69, 9.17) is 0 Å². The Kier molecular flexibility index (Phi) is 6.46. The first-order chi connectivity index (χ1) is 16.0. The smallest absolute Gasteiger partial charge is 0.0465 e. The van der Waals surface area contributed by atoms with Gasteiger partial charge in [0, 0.05) is 79.7 Å². The van der Waals surface area contributed by atoms with Crippen LogP contribution in [0.4, 0.5) is 5.69 Å². The summed E-state index contributed by atoms with van der Waals surface area (Å²) in [5.74, 6) is 0. The molecule has 33 heavy (non-hydrogen) atoms. The molecule has 0 amide bonds. The zero-order chi connectivity index (χ0) is 22.8. The van der Waals surface area contributed by atoms with Crippen LogP contribution >= 0.6 is 0 Å². The largest absolute Gasteiger partial charge is 0.371 e. The summed E-state index contributed by atoms with van der Waals surface area (Å²) in [4.78, 5) is 11.2. The number of likely N-dealkylation sites (N-methyl/N-ethyl adjacent to an activating group) is 1. The molecule has 2 saturated heterocycles. The number of piperazine rings is 1. The molecule has 3 heterocycles. The van der Waals surface area contributed by atoms with Gasteiger partial charge in [0.25, 0.3) is 0 Å². The van der Waals surface area contributed by atoms with Gasteiger partial charge in [0.2, 0.25) is 0 Å². The van der Waals surface area contributed by atoms with Crippen molar-refractivity contribution in [3.05, 3.63) is 54.6 Å². The third-order valence-corrected chi connectivity index (χ3v) is 7.73. The van der Waals surface area contributed by atoms with Gasteiger partial charge in [0.15, 0.2) is 0 Å². The van der Waals surface area contributed by atoms with E-state index in [9.17, 15) is 0 Å². The molecule has 5 nitrogen and oxygen atoms in total. The number of hydrogen-bond acceptors (Lipinski definition) is 4. The summed E-state index contributed by atoms with van der Waals surface area (Å²) < 4.78 is 0. The SMILES string of the molecule is CN1CCN(C(C)(C)CNC2CCN(c3cccc(-c4cc5ccccc5[nH]4)c3)CC2)CC1. The van der Waals surface area contributed by atoms with E-state index in [1.54, 1.807) is 0 Å². The number of anilines is 1. The minimum atomic E-state index is 0.215. The van der Waals surface area contributed by atoms with Crippen molar-refractivity contribution in [3.63, 3.8) is 0 Å². The first-order valence-electron chi connectivity index (χ1n) is 12.6. The van der Waals surface area contributed by atoms with Crippen LogP contribution in [0.15, 0.2) is 54.6 Å². The van der Waals surface area contributed by atoms with Crippen LogP contribution in [0.5, 0.6) is 0 Å². The molecule has 0 saturated carbocycles. The second-order valence-corrected chi connectivity index (χ2v) is 10.6. The number of nitrogens with zero attached hydrogens (tertiary/aromatic N) is 3. The first-order valence-corrected chi connectivity index (χ1v) is 12.6. The minimum absolute atomic E-state index is 0.215. The predicted molar refractivity (Wildman–Crippen MR) is 140 cm³/mol. The molecular weight excluding hydrogens is 406 g/mol. The molecule has 5 heteroatoms. The number of aromatic amines is 1. The number of rotatable bonds is 6. The van der Waals surface area contributed by atoms with E-state index >= 15 is 0 Å². The number of fused-ring (bicyclic) bond motifs is 1. The molecule has 3 aromatic rings. The van der Waals surface area contributed by atoms with Crippen LogP contribution in [0.2, 0.25) is 0 Å². The number of H-pyrrole nitrogens is 1. The highest BCUT2D eigenvalue weighted by Crippen LogP contribution is 2.29. The normalized spacial score (nSPS) is 19.4. The molecule has 1 aromatic heterocycles. The van der Waals surface area contributed by atoms with Gasteiger partial charge in [0.1, 0.15) is 0 Å². The fraction of sp³-hybridized carbons (Fsp3) is 0.500. The summed E-state index contributed by atoms with van der Waals surface area (Å²) in [6, 6.07) is 20.4. The average molecular weight is 446 g/mol. The van der Waals surface area contributed by atoms with Crippen molar-refractivity contribution < 1.29 is 0 Å². The monoisotopic (exact) mass is 445 g/mol. The molecule has 0 spiro atoms. The Morgan fingerprint density at radius 3 is 2.42 bits per heavy atom. The highest BCUT2D eigenvalue weighted by atomic mass is 15.3. The van der Waals surface area contributed by atoms with Crippen molar-refractivity contribution in [2.75, 3.05) is 57.8 Å². The van der Waals surface area contributed by atoms with Crippen molar-refractivity contribution >= 4 is 16.6 Å². The van der Waals surface area contributed by atoms with Gasteiger partial charge in [-0.1, -0.05) is 30.3 Å². The molecule has 2 aromatic carbocycles. The van der Waals surface area contributed by atoms with Crippen molar-refractivity contribution in [2.45, 2.75) is 38.3 Å². The standard InChI is InChI=1S/C28H39N5/c1-28(2,33-17-15-31(3)16-18-33)21-29-24-11-13-32(14-12-24)25-9-6-8-22(19-25)27-20-23-7-4-5-10-26(23)30-27/h4-10,19-20,24,29-30H,11-18,21H2,1-3H3. The molecular formula is C28H39N5. The number of hydrogen-bond donors (Lipinski definition) is 2. The Hall–Kier alpha value is -2.34. The molecule has 0 bridgehead atoms. The van der Waals surface area contributed by atoms with Gasteiger partial charge in [-0.05, 0) is 63.6 Å². The third-order valence-electron chi connectivity index (χ3n) is 7.73. The number of para-hydroxylation sites is 1. The van der Waals surface area contributed by atoms with Crippen LogP contribution in [0.3, 0.4) is 0 Å². The molecule has 0 atom stereocenters. The summed E-state index contributed by atoms with van der Waals surface area (Å²) in [6.45, 7) is 12.8. The van der Waals surface area contributed by atoms with Crippen molar-refractivity contribution in [1.82, 2.24) is 20.1 Å². The maximum absolute atomic E-state index is 3.91. The molecule has 0 radical (unpaired) electrons. The fourth-order valence-corrected chi connectivity index (χ4v) is 5.36. The van der Waals surface area contributed by atoms with Gasteiger partial charge in [0.05, 0.1) is 0 Å². The second-order valence-electron chi connectivity index (χ2n) is 10.6. The molecule has 2 fully saturated rings. The van der Waals surface area contributed by atoms with Gasteiger partial charge in [-0.15, -0.1) is 0 Å². The second kappa shape index (κ2) is 9.49. The van der Waals surface area contributed by atoms with Gasteiger partial charge >= 0.3 is 0 Å². The lowest BCUT2D eigenvalue weighted by Crippen LogP contribution is -2.58. The fourth-order valence-electron chi connectivity index (χ4n) is 5.36. The zero-order valence-corrected chi connectivity index (χ0v) is 20.5. The van der Waals surface area contributed by atoms with Crippen LogP contribution in [0, 0.1) is 0 Å². The lowest BCUT2D eigenvalue weighted by Gasteiger charge is -2.44. The van der Waals surface area contributed by atoms with Crippen molar-refractivity contribution in [1.29, 1.82) is 0 Å². The number of piperidine rings is 1. The third kappa shape index (κ3) is 5.11. The van der Waals surface area contributed by atoms with Crippen LogP contribution in [-0.2, 0) is 0 Å². The van der Waals surface area contributed by atoms with Gasteiger partial charge in [-0.25, -0.2) is 0 Å². The Balaban J connectivity index is 1.16. The maximum Gasteiger partial charge on any atom is 0.0465 e. The summed E-state index contributed by atoms with van der Waals surface area (Å²) in [6.07, 6.45) is 2.41. The predicted octanol–water partition coefficient (Wildman–Crippen LogP) is 4.42. The summed E-state index contributed by atoms with van der Waals surface area (Å²) >= 11 is 0. The van der Waals surface area contributed by atoms with Crippen molar-refractivity contribution in [2.24, 2.45) is 0 Å². The van der Waals surface area contributed by atoms with Gasteiger partial charge < -0.3 is 20.1 Å².